The Morgan fingerprint density at radius 3 is 3.06 bits per heavy atom. The predicted octanol–water partition coefficient (Wildman–Crippen LogP) is 0.267. The standard InChI is InChI=1S/C10H15N2O4P/c1-6-4-7(5-15-17)16-9(6)12-3-2-8(13)11-10(12)14/h2-3,6-7,9H,4-5,17H2,1H3,(H,11,13,14). The Kier molecular flexibility index (Phi) is 3.76. The van der Waals surface area contributed by atoms with Crippen LogP contribution in [0.3, 0.4) is 0 Å². The van der Waals surface area contributed by atoms with Gasteiger partial charge in [-0.2, -0.15) is 0 Å². The first kappa shape index (κ1) is 12.5. The van der Waals surface area contributed by atoms with E-state index in [9.17, 15) is 9.59 Å². The molecule has 0 aliphatic carbocycles. The second-order valence-electron chi connectivity index (χ2n) is 4.21. The van der Waals surface area contributed by atoms with Gasteiger partial charge in [-0.1, -0.05) is 6.92 Å². The summed E-state index contributed by atoms with van der Waals surface area (Å²) < 4.78 is 12.1. The summed E-state index contributed by atoms with van der Waals surface area (Å²) in [6.45, 7) is 2.48. The molecule has 1 aliphatic rings. The first-order valence-electron chi connectivity index (χ1n) is 5.40. The van der Waals surface area contributed by atoms with E-state index in [0.29, 0.717) is 6.61 Å². The van der Waals surface area contributed by atoms with Crippen molar-refractivity contribution in [1.29, 1.82) is 0 Å². The second kappa shape index (κ2) is 5.12. The van der Waals surface area contributed by atoms with Crippen molar-refractivity contribution in [2.75, 3.05) is 6.61 Å². The van der Waals surface area contributed by atoms with E-state index < -0.39 is 11.2 Å². The van der Waals surface area contributed by atoms with E-state index in [1.54, 1.807) is 0 Å². The molecule has 2 heterocycles. The third-order valence-electron chi connectivity index (χ3n) is 2.86. The van der Waals surface area contributed by atoms with Crippen molar-refractivity contribution in [1.82, 2.24) is 9.55 Å². The number of rotatable bonds is 3. The minimum Gasteiger partial charge on any atom is -0.363 e. The predicted molar refractivity (Wildman–Crippen MR) is 64.7 cm³/mol. The third-order valence-corrected chi connectivity index (χ3v) is 3.05. The highest BCUT2D eigenvalue weighted by atomic mass is 31.0. The number of nitrogens with zero attached hydrogens (tertiary/aromatic N) is 1. The Morgan fingerprint density at radius 2 is 2.41 bits per heavy atom. The van der Waals surface area contributed by atoms with E-state index in [1.807, 2.05) is 6.92 Å². The van der Waals surface area contributed by atoms with Crippen molar-refractivity contribution in [3.05, 3.63) is 33.1 Å². The molecule has 1 aliphatic heterocycles. The lowest BCUT2D eigenvalue weighted by molar-refractivity contribution is -0.0273. The SMILES string of the molecule is CC1CC(COP)OC1n1ccc(=O)[nH]c1=O. The Labute approximate surface area is 100 Å². The summed E-state index contributed by atoms with van der Waals surface area (Å²) in [6, 6.07) is 1.32. The van der Waals surface area contributed by atoms with Crippen LogP contribution in [0, 0.1) is 5.92 Å². The van der Waals surface area contributed by atoms with Crippen molar-refractivity contribution in [3.8, 4) is 0 Å². The molecule has 0 amide bonds. The van der Waals surface area contributed by atoms with Gasteiger partial charge >= 0.3 is 5.69 Å². The van der Waals surface area contributed by atoms with Gasteiger partial charge in [-0.3, -0.25) is 14.3 Å². The number of ether oxygens (including phenoxy) is 1. The molecule has 0 aromatic carbocycles. The Morgan fingerprint density at radius 1 is 1.65 bits per heavy atom. The summed E-state index contributed by atoms with van der Waals surface area (Å²) in [5.41, 5.74) is -0.844. The molecular formula is C10H15N2O4P. The molecule has 0 radical (unpaired) electrons. The highest BCUT2D eigenvalue weighted by molar-refractivity contribution is 7.09. The minimum absolute atomic E-state index is 0.0219. The summed E-state index contributed by atoms with van der Waals surface area (Å²) in [5, 5.41) is 0. The van der Waals surface area contributed by atoms with E-state index in [0.717, 1.165) is 6.42 Å². The summed E-state index contributed by atoms with van der Waals surface area (Å²) in [6.07, 6.45) is 1.92. The normalized spacial score (nSPS) is 28.5. The van der Waals surface area contributed by atoms with Gasteiger partial charge in [0.2, 0.25) is 0 Å². The maximum Gasteiger partial charge on any atom is 0.330 e. The van der Waals surface area contributed by atoms with Gasteiger partial charge in [0, 0.05) is 27.6 Å². The first-order chi connectivity index (χ1) is 8.11. The topological polar surface area (TPSA) is 73.3 Å². The van der Waals surface area contributed by atoms with Gasteiger partial charge in [-0.15, -0.1) is 0 Å². The van der Waals surface area contributed by atoms with Gasteiger partial charge in [-0.05, 0) is 6.42 Å². The van der Waals surface area contributed by atoms with Crippen molar-refractivity contribution in [2.24, 2.45) is 5.92 Å². The lowest BCUT2D eigenvalue weighted by Crippen LogP contribution is -2.33. The molecule has 1 aromatic heterocycles. The van der Waals surface area contributed by atoms with Crippen molar-refractivity contribution < 1.29 is 9.26 Å². The van der Waals surface area contributed by atoms with Crippen LogP contribution in [0.2, 0.25) is 0 Å². The quantitative estimate of drug-likeness (QED) is 0.790. The summed E-state index contributed by atoms with van der Waals surface area (Å²) in [4.78, 5) is 24.8. The van der Waals surface area contributed by atoms with E-state index in [-0.39, 0.29) is 18.2 Å². The molecule has 94 valence electrons. The van der Waals surface area contributed by atoms with Crippen molar-refractivity contribution in [3.63, 3.8) is 0 Å². The average Bonchev–Trinajstić information content (AvgIpc) is 2.60. The molecule has 1 aromatic rings. The molecule has 1 N–H and O–H groups in total. The number of hydrogen-bond acceptors (Lipinski definition) is 4. The van der Waals surface area contributed by atoms with E-state index in [4.69, 9.17) is 9.26 Å². The summed E-state index contributed by atoms with van der Waals surface area (Å²) in [7, 11) is 2.18. The molecule has 1 saturated heterocycles. The van der Waals surface area contributed by atoms with Crippen LogP contribution in [0.15, 0.2) is 21.9 Å². The van der Waals surface area contributed by atoms with Crippen LogP contribution >= 0.6 is 9.47 Å². The Bertz CT molecular complexity index is 498. The van der Waals surface area contributed by atoms with Crippen LogP contribution < -0.4 is 11.2 Å². The first-order valence-corrected chi connectivity index (χ1v) is 5.87. The van der Waals surface area contributed by atoms with E-state index in [1.165, 1.54) is 16.8 Å². The fraction of sp³-hybridized carbons (Fsp3) is 0.600. The monoisotopic (exact) mass is 258 g/mol. The van der Waals surface area contributed by atoms with Gasteiger partial charge in [-0.25, -0.2) is 4.79 Å². The lowest BCUT2D eigenvalue weighted by atomic mass is 10.1. The minimum atomic E-state index is -0.443. The zero-order valence-corrected chi connectivity index (χ0v) is 10.6. The molecule has 0 saturated carbocycles. The van der Waals surface area contributed by atoms with Crippen LogP contribution in [0.5, 0.6) is 0 Å². The van der Waals surface area contributed by atoms with Gasteiger partial charge in [0.1, 0.15) is 6.23 Å². The molecule has 2 rings (SSSR count). The van der Waals surface area contributed by atoms with Crippen LogP contribution in [0.1, 0.15) is 19.6 Å². The maximum absolute atomic E-state index is 11.6. The number of H-pyrrole nitrogens is 1. The molecule has 0 bridgehead atoms. The molecule has 6 nitrogen and oxygen atoms in total. The summed E-state index contributed by atoms with van der Waals surface area (Å²) >= 11 is 0. The zero-order chi connectivity index (χ0) is 12.4. The molecule has 7 heteroatoms. The smallest absolute Gasteiger partial charge is 0.330 e. The molecule has 4 atom stereocenters. The van der Waals surface area contributed by atoms with Crippen LogP contribution in [-0.2, 0) is 9.26 Å². The number of hydrogen-bond donors (Lipinski definition) is 1. The van der Waals surface area contributed by atoms with Crippen molar-refractivity contribution in [2.45, 2.75) is 25.7 Å². The van der Waals surface area contributed by atoms with E-state index >= 15 is 0 Å². The molecule has 17 heavy (non-hydrogen) atoms. The summed E-state index contributed by atoms with van der Waals surface area (Å²) in [5.74, 6) is 0.198. The average molecular weight is 258 g/mol. The highest BCUT2D eigenvalue weighted by Crippen LogP contribution is 2.33. The Balaban J connectivity index is 2.23. The Hall–Kier alpha value is -0.970. The van der Waals surface area contributed by atoms with Gasteiger partial charge in [0.05, 0.1) is 12.7 Å². The van der Waals surface area contributed by atoms with Crippen molar-refractivity contribution >= 4 is 9.47 Å². The molecule has 1 fully saturated rings. The van der Waals surface area contributed by atoms with Crippen LogP contribution in [0.4, 0.5) is 0 Å². The van der Waals surface area contributed by atoms with E-state index in [2.05, 4.69) is 14.5 Å². The zero-order valence-electron chi connectivity index (χ0n) is 9.46. The maximum atomic E-state index is 11.6. The lowest BCUT2D eigenvalue weighted by Gasteiger charge is -2.17. The second-order valence-corrected chi connectivity index (χ2v) is 4.55. The number of aromatic amines is 1. The number of nitrogens with one attached hydrogen (secondary N) is 1. The van der Waals surface area contributed by atoms with Crippen LogP contribution in [0.25, 0.3) is 0 Å². The molecule has 0 spiro atoms. The number of aromatic nitrogens is 2. The fourth-order valence-corrected chi connectivity index (χ4v) is 2.31. The van der Waals surface area contributed by atoms with Gasteiger partial charge in [0.25, 0.3) is 5.56 Å². The van der Waals surface area contributed by atoms with Gasteiger partial charge < -0.3 is 9.26 Å². The largest absolute Gasteiger partial charge is 0.363 e. The van der Waals surface area contributed by atoms with Crippen LogP contribution in [-0.4, -0.2) is 22.3 Å². The third kappa shape index (κ3) is 2.65. The fourth-order valence-electron chi connectivity index (χ4n) is 2.10. The molecular weight excluding hydrogens is 243 g/mol. The highest BCUT2D eigenvalue weighted by Gasteiger charge is 2.33. The molecule has 4 unspecified atom stereocenters. The van der Waals surface area contributed by atoms with Gasteiger partial charge in [0.15, 0.2) is 0 Å².